The zero-order valence-electron chi connectivity index (χ0n) is 12.5. The standard InChI is InChI=1S/C19H19ClN2/c20-17-9-4-6-14-12-19(13-16(14)17,15-7-2-1-3-8-15)22-18-10-5-11-21-18/h1-4,6-9H,5,10-13H2,(H,21,22). The fraction of sp³-hybridized carbons (Fsp3) is 0.316. The van der Waals surface area contributed by atoms with Crippen molar-refractivity contribution in [1.29, 1.82) is 0 Å². The van der Waals surface area contributed by atoms with E-state index in [1.165, 1.54) is 16.7 Å². The highest BCUT2D eigenvalue weighted by atomic mass is 35.5. The van der Waals surface area contributed by atoms with E-state index in [1.54, 1.807) is 0 Å². The van der Waals surface area contributed by atoms with Crippen LogP contribution in [0.15, 0.2) is 53.5 Å². The first-order valence-corrected chi connectivity index (χ1v) is 8.28. The summed E-state index contributed by atoms with van der Waals surface area (Å²) in [6.07, 6.45) is 4.09. The summed E-state index contributed by atoms with van der Waals surface area (Å²) < 4.78 is 0. The Morgan fingerprint density at radius 3 is 2.59 bits per heavy atom. The van der Waals surface area contributed by atoms with Crippen LogP contribution in [0.2, 0.25) is 5.02 Å². The van der Waals surface area contributed by atoms with Crippen molar-refractivity contribution in [3.05, 3.63) is 70.2 Å². The van der Waals surface area contributed by atoms with Crippen molar-refractivity contribution in [3.63, 3.8) is 0 Å². The molecule has 2 nitrogen and oxygen atoms in total. The molecule has 22 heavy (non-hydrogen) atoms. The molecule has 1 atom stereocenters. The van der Waals surface area contributed by atoms with E-state index >= 15 is 0 Å². The number of hydrogen-bond donors (Lipinski definition) is 1. The van der Waals surface area contributed by atoms with E-state index in [0.717, 1.165) is 43.1 Å². The van der Waals surface area contributed by atoms with Gasteiger partial charge in [-0.25, -0.2) is 0 Å². The summed E-state index contributed by atoms with van der Waals surface area (Å²) in [5, 5.41) is 4.65. The molecule has 0 spiro atoms. The van der Waals surface area contributed by atoms with Crippen LogP contribution in [-0.2, 0) is 18.4 Å². The molecule has 0 bridgehead atoms. The molecule has 3 heteroatoms. The van der Waals surface area contributed by atoms with Crippen molar-refractivity contribution < 1.29 is 0 Å². The molecule has 0 fully saturated rings. The Kier molecular flexibility index (Phi) is 3.42. The van der Waals surface area contributed by atoms with Crippen LogP contribution in [0.5, 0.6) is 0 Å². The lowest BCUT2D eigenvalue weighted by Crippen LogP contribution is -2.46. The summed E-state index contributed by atoms with van der Waals surface area (Å²) in [6, 6.07) is 17.0. The molecule has 0 saturated carbocycles. The molecule has 1 N–H and O–H groups in total. The summed E-state index contributed by atoms with van der Waals surface area (Å²) in [5.41, 5.74) is 3.83. The van der Waals surface area contributed by atoms with Crippen molar-refractivity contribution in [2.24, 2.45) is 4.99 Å². The Balaban J connectivity index is 1.76. The van der Waals surface area contributed by atoms with E-state index in [9.17, 15) is 0 Å². The maximum absolute atomic E-state index is 6.44. The van der Waals surface area contributed by atoms with Crippen molar-refractivity contribution in [2.45, 2.75) is 31.2 Å². The second kappa shape index (κ2) is 5.44. The van der Waals surface area contributed by atoms with Gasteiger partial charge in [-0.1, -0.05) is 54.1 Å². The fourth-order valence-corrected chi connectivity index (χ4v) is 3.96. The van der Waals surface area contributed by atoms with Gasteiger partial charge in [0.15, 0.2) is 0 Å². The highest BCUT2D eigenvalue weighted by Crippen LogP contribution is 2.41. The van der Waals surface area contributed by atoms with Gasteiger partial charge in [0.05, 0.1) is 11.4 Å². The van der Waals surface area contributed by atoms with E-state index < -0.39 is 0 Å². The molecule has 0 radical (unpaired) electrons. The molecule has 0 amide bonds. The van der Waals surface area contributed by atoms with Crippen molar-refractivity contribution >= 4 is 17.4 Å². The normalized spacial score (nSPS) is 23.2. The Labute approximate surface area is 136 Å². The number of nitrogens with zero attached hydrogens (tertiary/aromatic N) is 1. The van der Waals surface area contributed by atoms with Crippen LogP contribution in [0.4, 0.5) is 0 Å². The van der Waals surface area contributed by atoms with E-state index in [1.807, 2.05) is 6.07 Å². The minimum Gasteiger partial charge on any atom is -0.364 e. The first-order chi connectivity index (χ1) is 10.8. The predicted octanol–water partition coefficient (Wildman–Crippen LogP) is 4.12. The molecule has 0 saturated heterocycles. The molecule has 4 rings (SSSR count). The molecule has 1 heterocycles. The first-order valence-electron chi connectivity index (χ1n) is 7.90. The third-order valence-electron chi connectivity index (χ3n) is 4.77. The summed E-state index contributed by atoms with van der Waals surface area (Å²) in [6.45, 7) is 0.945. The lowest BCUT2D eigenvalue weighted by Gasteiger charge is -2.32. The van der Waals surface area contributed by atoms with Gasteiger partial charge in [-0.3, -0.25) is 4.99 Å². The predicted molar refractivity (Wildman–Crippen MR) is 91.7 cm³/mol. The third kappa shape index (κ3) is 2.32. The SMILES string of the molecule is Clc1cccc2c1CC(NC1=NCCC1)(c1ccccc1)C2. The van der Waals surface area contributed by atoms with Crippen LogP contribution in [-0.4, -0.2) is 12.4 Å². The lowest BCUT2D eigenvalue weighted by molar-refractivity contribution is 0.413. The summed E-state index contributed by atoms with van der Waals surface area (Å²) in [4.78, 5) is 4.63. The molecule has 2 aliphatic rings. The maximum Gasteiger partial charge on any atom is 0.0970 e. The Morgan fingerprint density at radius 1 is 1.00 bits per heavy atom. The highest BCUT2D eigenvalue weighted by Gasteiger charge is 2.40. The second-order valence-corrected chi connectivity index (χ2v) is 6.64. The molecule has 1 aliphatic carbocycles. The van der Waals surface area contributed by atoms with Gasteiger partial charge in [-0.05, 0) is 29.2 Å². The smallest absolute Gasteiger partial charge is 0.0970 e. The Morgan fingerprint density at radius 2 is 1.86 bits per heavy atom. The number of hydrogen-bond acceptors (Lipinski definition) is 2. The molecule has 0 aromatic heterocycles. The molecule has 2 aromatic carbocycles. The zero-order chi connectivity index (χ0) is 15.0. The molecule has 2 aromatic rings. The largest absolute Gasteiger partial charge is 0.364 e. The van der Waals surface area contributed by atoms with Crippen LogP contribution in [0.25, 0.3) is 0 Å². The Bertz CT molecular complexity index is 723. The van der Waals surface area contributed by atoms with Gasteiger partial charge in [0.2, 0.25) is 0 Å². The average Bonchev–Trinajstić information content (AvgIpc) is 3.17. The number of nitrogens with one attached hydrogen (secondary N) is 1. The summed E-state index contributed by atoms with van der Waals surface area (Å²) >= 11 is 6.44. The van der Waals surface area contributed by atoms with Gasteiger partial charge in [0.25, 0.3) is 0 Å². The monoisotopic (exact) mass is 310 g/mol. The topological polar surface area (TPSA) is 24.4 Å². The molecule has 1 aliphatic heterocycles. The van der Waals surface area contributed by atoms with E-state index in [0.29, 0.717) is 0 Å². The zero-order valence-corrected chi connectivity index (χ0v) is 13.2. The Hall–Kier alpha value is -1.80. The van der Waals surface area contributed by atoms with Crippen molar-refractivity contribution in [2.75, 3.05) is 6.54 Å². The number of amidine groups is 1. The molecular weight excluding hydrogens is 292 g/mol. The van der Waals surface area contributed by atoms with Crippen molar-refractivity contribution in [3.8, 4) is 0 Å². The van der Waals surface area contributed by atoms with Crippen LogP contribution >= 0.6 is 11.6 Å². The minimum atomic E-state index is -0.113. The molecule has 1 unspecified atom stereocenters. The lowest BCUT2D eigenvalue weighted by atomic mass is 9.86. The van der Waals surface area contributed by atoms with E-state index in [4.69, 9.17) is 11.6 Å². The van der Waals surface area contributed by atoms with E-state index in [-0.39, 0.29) is 5.54 Å². The highest BCUT2D eigenvalue weighted by molar-refractivity contribution is 6.31. The quantitative estimate of drug-likeness (QED) is 0.886. The van der Waals surface area contributed by atoms with Crippen LogP contribution in [0.3, 0.4) is 0 Å². The second-order valence-electron chi connectivity index (χ2n) is 6.24. The van der Waals surface area contributed by atoms with Crippen LogP contribution in [0.1, 0.15) is 29.5 Å². The fourth-order valence-electron chi connectivity index (χ4n) is 3.70. The van der Waals surface area contributed by atoms with Gasteiger partial charge in [-0.15, -0.1) is 0 Å². The minimum absolute atomic E-state index is 0.113. The summed E-state index contributed by atoms with van der Waals surface area (Å²) in [5.74, 6) is 1.15. The summed E-state index contributed by atoms with van der Waals surface area (Å²) in [7, 11) is 0. The number of fused-ring (bicyclic) bond motifs is 1. The average molecular weight is 311 g/mol. The van der Waals surface area contributed by atoms with E-state index in [2.05, 4.69) is 52.8 Å². The number of halogens is 1. The van der Waals surface area contributed by atoms with Gasteiger partial charge in [0, 0.05) is 30.8 Å². The first kappa shape index (κ1) is 13.8. The maximum atomic E-state index is 6.44. The van der Waals surface area contributed by atoms with Gasteiger partial charge in [-0.2, -0.15) is 0 Å². The van der Waals surface area contributed by atoms with Crippen LogP contribution in [0, 0.1) is 0 Å². The number of rotatable bonds is 2. The number of benzene rings is 2. The van der Waals surface area contributed by atoms with Gasteiger partial charge < -0.3 is 5.32 Å². The van der Waals surface area contributed by atoms with Gasteiger partial charge >= 0.3 is 0 Å². The molecular formula is C19H19ClN2. The van der Waals surface area contributed by atoms with Crippen LogP contribution < -0.4 is 5.32 Å². The van der Waals surface area contributed by atoms with Gasteiger partial charge in [0.1, 0.15) is 0 Å². The van der Waals surface area contributed by atoms with Crippen molar-refractivity contribution in [1.82, 2.24) is 5.32 Å². The number of aliphatic imine (C=N–C) groups is 1. The third-order valence-corrected chi connectivity index (χ3v) is 5.13. The molecule has 112 valence electrons.